The Labute approximate surface area is 103 Å². The third kappa shape index (κ3) is 3.17. The van der Waals surface area contributed by atoms with E-state index in [4.69, 9.17) is 9.47 Å². The molecule has 0 aromatic rings. The zero-order valence-corrected chi connectivity index (χ0v) is 10.7. The summed E-state index contributed by atoms with van der Waals surface area (Å²) in [6.07, 6.45) is 5.36. The summed E-state index contributed by atoms with van der Waals surface area (Å²) in [5.74, 6) is 0.683. The molecule has 0 bridgehead atoms. The fourth-order valence-corrected chi connectivity index (χ4v) is 2.99. The topological polar surface area (TPSA) is 62.8 Å². The van der Waals surface area contributed by atoms with Crippen LogP contribution in [0.1, 0.15) is 32.1 Å². The molecule has 2 aliphatic rings. The van der Waals surface area contributed by atoms with Gasteiger partial charge in [-0.2, -0.15) is 0 Å². The fourth-order valence-electron chi connectivity index (χ4n) is 2.99. The van der Waals surface area contributed by atoms with Gasteiger partial charge >= 0.3 is 0 Å². The molecule has 0 radical (unpaired) electrons. The zero-order chi connectivity index (χ0) is 12.3. The van der Waals surface area contributed by atoms with E-state index in [1.807, 2.05) is 0 Å². The van der Waals surface area contributed by atoms with Crippen molar-refractivity contribution in [1.29, 1.82) is 0 Å². The van der Waals surface area contributed by atoms with Crippen LogP contribution in [0.25, 0.3) is 0 Å². The van der Waals surface area contributed by atoms with E-state index in [2.05, 4.69) is 10.9 Å². The lowest BCUT2D eigenvalue weighted by Crippen LogP contribution is -2.41. The molecule has 0 aromatic carbocycles. The van der Waals surface area contributed by atoms with Gasteiger partial charge in [-0.25, -0.2) is 5.43 Å². The zero-order valence-electron chi connectivity index (χ0n) is 10.7. The van der Waals surface area contributed by atoms with Crippen molar-refractivity contribution in [1.82, 2.24) is 10.9 Å². The summed E-state index contributed by atoms with van der Waals surface area (Å²) in [6.45, 7) is 0. The molecule has 2 fully saturated rings. The molecular formula is C12H24N2O3. The molecule has 100 valence electrons. The average Bonchev–Trinajstić information content (AvgIpc) is 2.87. The van der Waals surface area contributed by atoms with Gasteiger partial charge in [0.2, 0.25) is 0 Å². The summed E-state index contributed by atoms with van der Waals surface area (Å²) in [5, 5.41) is 9.61. The number of ether oxygens (including phenoxy) is 2. The van der Waals surface area contributed by atoms with E-state index in [1.54, 1.807) is 7.11 Å². The SMILES string of the molecule is COC1CCC(C2CC(C(O)OC)NN2)CC1. The largest absolute Gasteiger partial charge is 0.381 e. The van der Waals surface area contributed by atoms with Crippen LogP contribution < -0.4 is 10.9 Å². The van der Waals surface area contributed by atoms with Crippen molar-refractivity contribution in [2.75, 3.05) is 14.2 Å². The second kappa shape index (κ2) is 6.11. The molecule has 1 aliphatic carbocycles. The quantitative estimate of drug-likeness (QED) is 0.625. The van der Waals surface area contributed by atoms with E-state index in [0.29, 0.717) is 18.1 Å². The van der Waals surface area contributed by atoms with Crippen LogP contribution in [0, 0.1) is 5.92 Å². The van der Waals surface area contributed by atoms with Crippen molar-refractivity contribution in [2.24, 2.45) is 5.92 Å². The Hall–Kier alpha value is -0.200. The minimum atomic E-state index is -0.720. The summed E-state index contributed by atoms with van der Waals surface area (Å²) in [7, 11) is 3.33. The summed E-state index contributed by atoms with van der Waals surface area (Å²) in [4.78, 5) is 0. The highest BCUT2D eigenvalue weighted by Crippen LogP contribution is 2.31. The second-order valence-corrected chi connectivity index (χ2v) is 5.14. The minimum Gasteiger partial charge on any atom is -0.381 e. The lowest BCUT2D eigenvalue weighted by Gasteiger charge is -2.31. The first-order valence-electron chi connectivity index (χ1n) is 6.49. The van der Waals surface area contributed by atoms with Gasteiger partial charge in [0.25, 0.3) is 0 Å². The summed E-state index contributed by atoms with van der Waals surface area (Å²) < 4.78 is 10.3. The Kier molecular flexibility index (Phi) is 4.76. The molecule has 3 atom stereocenters. The van der Waals surface area contributed by atoms with Crippen molar-refractivity contribution < 1.29 is 14.6 Å². The van der Waals surface area contributed by atoms with Crippen LogP contribution in [0.4, 0.5) is 0 Å². The van der Waals surface area contributed by atoms with Gasteiger partial charge in [-0.1, -0.05) is 0 Å². The van der Waals surface area contributed by atoms with Crippen LogP contribution in [-0.2, 0) is 9.47 Å². The number of aliphatic hydroxyl groups is 1. The summed E-state index contributed by atoms with van der Waals surface area (Å²) in [5.41, 5.74) is 6.42. The standard InChI is InChI=1S/C12H24N2O3/c1-16-9-5-3-8(4-6-9)10-7-11(14-13-10)12(15)17-2/h8-15H,3-7H2,1-2H3. The maximum atomic E-state index is 9.61. The molecule has 3 unspecified atom stereocenters. The number of aliphatic hydroxyl groups excluding tert-OH is 1. The Balaban J connectivity index is 1.77. The second-order valence-electron chi connectivity index (χ2n) is 5.14. The highest BCUT2D eigenvalue weighted by atomic mass is 16.6. The molecule has 1 saturated carbocycles. The van der Waals surface area contributed by atoms with Gasteiger partial charge in [-0.15, -0.1) is 0 Å². The van der Waals surface area contributed by atoms with Crippen LogP contribution in [0.2, 0.25) is 0 Å². The third-order valence-corrected chi connectivity index (χ3v) is 4.17. The lowest BCUT2D eigenvalue weighted by atomic mass is 9.81. The van der Waals surface area contributed by atoms with Crippen LogP contribution in [0.5, 0.6) is 0 Å². The average molecular weight is 244 g/mol. The number of rotatable bonds is 4. The highest BCUT2D eigenvalue weighted by Gasteiger charge is 2.35. The Morgan fingerprint density at radius 1 is 1.12 bits per heavy atom. The van der Waals surface area contributed by atoms with Crippen LogP contribution in [0.15, 0.2) is 0 Å². The Morgan fingerprint density at radius 2 is 1.82 bits per heavy atom. The van der Waals surface area contributed by atoms with Crippen molar-refractivity contribution in [3.8, 4) is 0 Å². The molecule has 0 spiro atoms. The molecule has 2 rings (SSSR count). The molecular weight excluding hydrogens is 220 g/mol. The Bertz CT molecular complexity index is 232. The molecule has 0 aromatic heterocycles. The number of hydrogen-bond donors (Lipinski definition) is 3. The van der Waals surface area contributed by atoms with Gasteiger partial charge in [0.1, 0.15) is 0 Å². The van der Waals surface area contributed by atoms with Crippen LogP contribution >= 0.6 is 0 Å². The molecule has 5 nitrogen and oxygen atoms in total. The molecule has 1 heterocycles. The van der Waals surface area contributed by atoms with Gasteiger partial charge < -0.3 is 14.6 Å². The first-order chi connectivity index (χ1) is 8.24. The van der Waals surface area contributed by atoms with E-state index in [-0.39, 0.29) is 6.04 Å². The molecule has 5 heteroatoms. The fraction of sp³-hybridized carbons (Fsp3) is 1.00. The van der Waals surface area contributed by atoms with Crippen molar-refractivity contribution >= 4 is 0 Å². The smallest absolute Gasteiger partial charge is 0.170 e. The maximum Gasteiger partial charge on any atom is 0.170 e. The van der Waals surface area contributed by atoms with E-state index in [9.17, 15) is 5.11 Å². The Morgan fingerprint density at radius 3 is 2.41 bits per heavy atom. The van der Waals surface area contributed by atoms with Crippen molar-refractivity contribution in [2.45, 2.75) is 56.6 Å². The van der Waals surface area contributed by atoms with Crippen LogP contribution in [-0.4, -0.2) is 43.8 Å². The third-order valence-electron chi connectivity index (χ3n) is 4.17. The van der Waals surface area contributed by atoms with E-state index in [1.165, 1.54) is 20.0 Å². The van der Waals surface area contributed by atoms with Gasteiger partial charge in [0.15, 0.2) is 6.29 Å². The molecule has 3 N–H and O–H groups in total. The number of nitrogens with one attached hydrogen (secondary N) is 2. The summed E-state index contributed by atoms with van der Waals surface area (Å²) in [6, 6.07) is 0.452. The monoisotopic (exact) mass is 244 g/mol. The highest BCUT2D eigenvalue weighted by molar-refractivity contribution is 4.89. The maximum absolute atomic E-state index is 9.61. The molecule has 0 amide bonds. The number of hydrogen-bond acceptors (Lipinski definition) is 5. The molecule has 17 heavy (non-hydrogen) atoms. The van der Waals surface area contributed by atoms with Gasteiger partial charge in [-0.05, 0) is 38.0 Å². The van der Waals surface area contributed by atoms with E-state index >= 15 is 0 Å². The first kappa shape index (κ1) is 13.2. The molecule has 1 aliphatic heterocycles. The van der Waals surface area contributed by atoms with Gasteiger partial charge in [0, 0.05) is 20.3 Å². The molecule has 1 saturated heterocycles. The predicted octanol–water partition coefficient (Wildman–Crippen LogP) is 0.392. The van der Waals surface area contributed by atoms with E-state index in [0.717, 1.165) is 19.3 Å². The van der Waals surface area contributed by atoms with E-state index < -0.39 is 6.29 Å². The number of methoxy groups -OCH3 is 2. The minimum absolute atomic E-state index is 0.00477. The van der Waals surface area contributed by atoms with Gasteiger partial charge in [0.05, 0.1) is 12.1 Å². The van der Waals surface area contributed by atoms with Crippen molar-refractivity contribution in [3.05, 3.63) is 0 Å². The van der Waals surface area contributed by atoms with Crippen molar-refractivity contribution in [3.63, 3.8) is 0 Å². The van der Waals surface area contributed by atoms with Crippen LogP contribution in [0.3, 0.4) is 0 Å². The predicted molar refractivity (Wildman–Crippen MR) is 64.2 cm³/mol. The lowest BCUT2D eigenvalue weighted by molar-refractivity contribution is -0.0944. The first-order valence-corrected chi connectivity index (χ1v) is 6.49. The normalized spacial score (nSPS) is 40.4. The number of hydrazine groups is 1. The summed E-state index contributed by atoms with van der Waals surface area (Å²) >= 11 is 0. The van der Waals surface area contributed by atoms with Gasteiger partial charge in [-0.3, -0.25) is 5.43 Å².